The minimum Gasteiger partial charge on any atom is -0.382 e. The van der Waals surface area contributed by atoms with E-state index in [1.165, 1.54) is 36.3 Å². The monoisotopic (exact) mass is 265 g/mol. The van der Waals surface area contributed by atoms with Crippen LogP contribution in [0.1, 0.15) is 31.7 Å². The summed E-state index contributed by atoms with van der Waals surface area (Å²) < 4.78 is 5.60. The molecule has 1 aliphatic heterocycles. The summed E-state index contributed by atoms with van der Waals surface area (Å²) in [5.41, 5.74) is 2.62. The van der Waals surface area contributed by atoms with E-state index < -0.39 is 0 Å². The normalized spacial score (nSPS) is 19.1. The van der Waals surface area contributed by atoms with Crippen molar-refractivity contribution in [3.8, 4) is 0 Å². The van der Waals surface area contributed by atoms with E-state index in [9.17, 15) is 0 Å². The van der Waals surface area contributed by atoms with E-state index in [0.717, 1.165) is 18.9 Å². The molecule has 1 heterocycles. The van der Waals surface area contributed by atoms with Crippen molar-refractivity contribution in [1.82, 2.24) is 0 Å². The Bertz CT molecular complexity index is 333. The van der Waals surface area contributed by atoms with Crippen LogP contribution in [0.15, 0.2) is 24.3 Å². The van der Waals surface area contributed by atoms with E-state index in [2.05, 4.69) is 36.5 Å². The van der Waals surface area contributed by atoms with E-state index in [4.69, 9.17) is 4.74 Å². The first-order chi connectivity index (χ1) is 8.88. The molecular formula is C15H23NOS. The SMILES string of the molecule is CCCSCc1ccc(NCC2CCCO2)cc1. The molecule has 0 bridgehead atoms. The summed E-state index contributed by atoms with van der Waals surface area (Å²) in [6, 6.07) is 8.80. The van der Waals surface area contributed by atoms with Crippen molar-refractivity contribution >= 4 is 17.4 Å². The average molecular weight is 265 g/mol. The Labute approximate surface area is 114 Å². The molecule has 100 valence electrons. The van der Waals surface area contributed by atoms with Gasteiger partial charge in [0.25, 0.3) is 0 Å². The Balaban J connectivity index is 1.72. The fourth-order valence-electron chi connectivity index (χ4n) is 2.09. The van der Waals surface area contributed by atoms with Gasteiger partial charge in [-0.05, 0) is 42.7 Å². The molecule has 0 aromatic heterocycles. The third kappa shape index (κ3) is 4.54. The molecule has 0 spiro atoms. The Morgan fingerprint density at radius 3 is 2.83 bits per heavy atom. The van der Waals surface area contributed by atoms with Crippen molar-refractivity contribution in [2.75, 3.05) is 24.2 Å². The Morgan fingerprint density at radius 2 is 2.17 bits per heavy atom. The minimum absolute atomic E-state index is 0.407. The van der Waals surface area contributed by atoms with Crippen molar-refractivity contribution in [2.24, 2.45) is 0 Å². The van der Waals surface area contributed by atoms with Gasteiger partial charge in [-0.3, -0.25) is 0 Å². The number of benzene rings is 1. The molecule has 1 unspecified atom stereocenters. The van der Waals surface area contributed by atoms with Crippen LogP contribution in [-0.2, 0) is 10.5 Å². The molecule has 0 amide bonds. The van der Waals surface area contributed by atoms with Crippen LogP contribution in [0.5, 0.6) is 0 Å². The Hall–Kier alpha value is -0.670. The van der Waals surface area contributed by atoms with Gasteiger partial charge in [0.2, 0.25) is 0 Å². The lowest BCUT2D eigenvalue weighted by atomic mass is 10.2. The number of hydrogen-bond donors (Lipinski definition) is 1. The molecular weight excluding hydrogens is 242 g/mol. The molecule has 3 heteroatoms. The topological polar surface area (TPSA) is 21.3 Å². The lowest BCUT2D eigenvalue weighted by Crippen LogP contribution is -2.18. The molecule has 1 aromatic carbocycles. The molecule has 0 aliphatic carbocycles. The lowest BCUT2D eigenvalue weighted by Gasteiger charge is -2.12. The summed E-state index contributed by atoms with van der Waals surface area (Å²) in [6.07, 6.45) is 4.06. The van der Waals surface area contributed by atoms with Gasteiger partial charge < -0.3 is 10.1 Å². The largest absolute Gasteiger partial charge is 0.382 e. The van der Waals surface area contributed by atoms with E-state index in [0.29, 0.717) is 6.10 Å². The predicted molar refractivity (Wildman–Crippen MR) is 80.4 cm³/mol. The fourth-order valence-corrected chi connectivity index (χ4v) is 2.95. The molecule has 18 heavy (non-hydrogen) atoms. The van der Waals surface area contributed by atoms with Crippen molar-refractivity contribution in [3.05, 3.63) is 29.8 Å². The van der Waals surface area contributed by atoms with Gasteiger partial charge >= 0.3 is 0 Å². The van der Waals surface area contributed by atoms with Gasteiger partial charge in [-0.25, -0.2) is 0 Å². The molecule has 1 aliphatic rings. The molecule has 0 radical (unpaired) electrons. The van der Waals surface area contributed by atoms with Gasteiger partial charge in [0.15, 0.2) is 0 Å². The molecule has 1 fully saturated rings. The highest BCUT2D eigenvalue weighted by atomic mass is 32.2. The second kappa shape index (κ2) is 7.70. The quantitative estimate of drug-likeness (QED) is 0.755. The molecule has 2 nitrogen and oxygen atoms in total. The van der Waals surface area contributed by atoms with Crippen molar-refractivity contribution in [2.45, 2.75) is 38.0 Å². The Morgan fingerprint density at radius 1 is 1.33 bits per heavy atom. The van der Waals surface area contributed by atoms with Crippen LogP contribution in [0.4, 0.5) is 5.69 Å². The summed E-state index contributed by atoms with van der Waals surface area (Å²) in [7, 11) is 0. The Kier molecular flexibility index (Phi) is 5.88. The summed E-state index contributed by atoms with van der Waals surface area (Å²) in [4.78, 5) is 0. The highest BCUT2D eigenvalue weighted by molar-refractivity contribution is 7.98. The lowest BCUT2D eigenvalue weighted by molar-refractivity contribution is 0.120. The zero-order valence-corrected chi connectivity index (χ0v) is 12.0. The van der Waals surface area contributed by atoms with Gasteiger partial charge in [0, 0.05) is 24.6 Å². The van der Waals surface area contributed by atoms with Crippen LogP contribution in [0, 0.1) is 0 Å². The number of nitrogens with one attached hydrogen (secondary N) is 1. The molecule has 1 saturated heterocycles. The zero-order chi connectivity index (χ0) is 12.6. The predicted octanol–water partition coefficient (Wildman–Crippen LogP) is 3.92. The summed E-state index contributed by atoms with van der Waals surface area (Å²) >= 11 is 2.01. The average Bonchev–Trinajstić information content (AvgIpc) is 2.91. The second-order valence-electron chi connectivity index (χ2n) is 4.77. The first-order valence-electron chi connectivity index (χ1n) is 6.90. The number of hydrogen-bond acceptors (Lipinski definition) is 3. The zero-order valence-electron chi connectivity index (χ0n) is 11.2. The van der Waals surface area contributed by atoms with Crippen LogP contribution < -0.4 is 5.32 Å². The standard InChI is InChI=1S/C15H23NOS/c1-2-10-18-12-13-5-7-14(8-6-13)16-11-15-4-3-9-17-15/h5-8,15-16H,2-4,9-12H2,1H3. The van der Waals surface area contributed by atoms with E-state index in [1.54, 1.807) is 0 Å². The summed E-state index contributed by atoms with van der Waals surface area (Å²) in [6.45, 7) is 4.09. The van der Waals surface area contributed by atoms with Crippen LogP contribution in [-0.4, -0.2) is 25.0 Å². The summed E-state index contributed by atoms with van der Waals surface area (Å²) in [5, 5.41) is 3.45. The van der Waals surface area contributed by atoms with E-state index >= 15 is 0 Å². The van der Waals surface area contributed by atoms with Gasteiger partial charge in [-0.15, -0.1) is 0 Å². The number of anilines is 1. The van der Waals surface area contributed by atoms with Gasteiger partial charge in [0.05, 0.1) is 6.10 Å². The molecule has 1 N–H and O–H groups in total. The fraction of sp³-hybridized carbons (Fsp3) is 0.600. The third-order valence-electron chi connectivity index (χ3n) is 3.13. The second-order valence-corrected chi connectivity index (χ2v) is 5.87. The number of thioether (sulfide) groups is 1. The molecule has 1 aromatic rings. The minimum atomic E-state index is 0.407. The van der Waals surface area contributed by atoms with Crippen LogP contribution in [0.3, 0.4) is 0 Å². The number of rotatable bonds is 7. The maximum atomic E-state index is 5.60. The maximum Gasteiger partial charge on any atom is 0.0748 e. The first kappa shape index (κ1) is 13.8. The van der Waals surface area contributed by atoms with Crippen LogP contribution in [0.25, 0.3) is 0 Å². The highest BCUT2D eigenvalue weighted by Gasteiger charge is 2.14. The van der Waals surface area contributed by atoms with Crippen molar-refractivity contribution < 1.29 is 4.74 Å². The number of ether oxygens (including phenoxy) is 1. The van der Waals surface area contributed by atoms with Crippen molar-refractivity contribution in [3.63, 3.8) is 0 Å². The van der Waals surface area contributed by atoms with Gasteiger partial charge in [-0.2, -0.15) is 11.8 Å². The van der Waals surface area contributed by atoms with E-state index in [-0.39, 0.29) is 0 Å². The van der Waals surface area contributed by atoms with Crippen LogP contribution >= 0.6 is 11.8 Å². The summed E-state index contributed by atoms with van der Waals surface area (Å²) in [5.74, 6) is 2.37. The smallest absolute Gasteiger partial charge is 0.0748 e. The molecule has 1 atom stereocenters. The van der Waals surface area contributed by atoms with Crippen molar-refractivity contribution in [1.29, 1.82) is 0 Å². The van der Waals surface area contributed by atoms with Gasteiger partial charge in [0.1, 0.15) is 0 Å². The maximum absolute atomic E-state index is 5.60. The van der Waals surface area contributed by atoms with Crippen LogP contribution in [0.2, 0.25) is 0 Å². The highest BCUT2D eigenvalue weighted by Crippen LogP contribution is 2.17. The van der Waals surface area contributed by atoms with E-state index in [1.807, 2.05) is 11.8 Å². The molecule has 2 rings (SSSR count). The molecule has 0 saturated carbocycles. The van der Waals surface area contributed by atoms with Gasteiger partial charge in [-0.1, -0.05) is 19.1 Å². The third-order valence-corrected chi connectivity index (χ3v) is 4.36. The first-order valence-corrected chi connectivity index (χ1v) is 8.06.